The van der Waals surface area contributed by atoms with Crippen LogP contribution >= 0.6 is 0 Å². The number of esters is 1. The van der Waals surface area contributed by atoms with Crippen molar-refractivity contribution in [1.82, 2.24) is 10.2 Å². The molecular formula is C10H14N2O3. The average molecular weight is 210 g/mol. The van der Waals surface area contributed by atoms with Gasteiger partial charge < -0.3 is 15.0 Å². The van der Waals surface area contributed by atoms with Gasteiger partial charge in [-0.2, -0.15) is 0 Å². The normalized spacial score (nSPS) is 25.7. The van der Waals surface area contributed by atoms with Crippen molar-refractivity contribution in [3.8, 4) is 0 Å². The lowest BCUT2D eigenvalue weighted by molar-refractivity contribution is -0.137. The van der Waals surface area contributed by atoms with Crippen molar-refractivity contribution in [3.63, 3.8) is 0 Å². The molecule has 82 valence electrons. The van der Waals surface area contributed by atoms with Crippen molar-refractivity contribution in [1.29, 1.82) is 0 Å². The lowest BCUT2D eigenvalue weighted by atomic mass is 10.2. The fourth-order valence-corrected chi connectivity index (χ4v) is 1.98. The van der Waals surface area contributed by atoms with Crippen molar-refractivity contribution in [2.75, 3.05) is 20.2 Å². The highest BCUT2D eigenvalue weighted by atomic mass is 16.5. The Kier molecular flexibility index (Phi) is 2.73. The largest absolute Gasteiger partial charge is 0.466 e. The second kappa shape index (κ2) is 4.02. The molecule has 1 amide bonds. The molecule has 5 nitrogen and oxygen atoms in total. The Morgan fingerprint density at radius 2 is 2.47 bits per heavy atom. The Balaban J connectivity index is 2.09. The molecule has 0 saturated carbocycles. The number of rotatable bonds is 2. The molecule has 2 rings (SSSR count). The topological polar surface area (TPSA) is 58.6 Å². The highest BCUT2D eigenvalue weighted by Gasteiger charge is 2.32. The van der Waals surface area contributed by atoms with Crippen molar-refractivity contribution in [2.24, 2.45) is 0 Å². The van der Waals surface area contributed by atoms with Gasteiger partial charge in [-0.1, -0.05) is 0 Å². The summed E-state index contributed by atoms with van der Waals surface area (Å²) in [5, 5.41) is 3.19. The minimum atomic E-state index is -0.406. The zero-order chi connectivity index (χ0) is 10.8. The predicted octanol–water partition coefficient (Wildman–Crippen LogP) is -0.363. The third-order valence-electron chi connectivity index (χ3n) is 2.80. The van der Waals surface area contributed by atoms with Gasteiger partial charge in [0, 0.05) is 18.8 Å². The van der Waals surface area contributed by atoms with E-state index in [0.29, 0.717) is 5.57 Å². The molecule has 2 heterocycles. The molecule has 0 radical (unpaired) electrons. The highest BCUT2D eigenvalue weighted by molar-refractivity contribution is 5.98. The van der Waals surface area contributed by atoms with Crippen molar-refractivity contribution in [2.45, 2.75) is 18.9 Å². The van der Waals surface area contributed by atoms with Gasteiger partial charge in [-0.3, -0.25) is 4.79 Å². The molecule has 2 aliphatic heterocycles. The summed E-state index contributed by atoms with van der Waals surface area (Å²) in [7, 11) is 1.33. The third kappa shape index (κ3) is 1.87. The number of carbonyl (C=O) groups is 2. The molecule has 15 heavy (non-hydrogen) atoms. The van der Waals surface area contributed by atoms with Crippen molar-refractivity contribution in [3.05, 3.63) is 11.8 Å². The number of ether oxygens (including phenoxy) is 1. The minimum Gasteiger partial charge on any atom is -0.466 e. The van der Waals surface area contributed by atoms with E-state index < -0.39 is 5.97 Å². The summed E-state index contributed by atoms with van der Waals surface area (Å²) in [5.74, 6) is -0.416. The van der Waals surface area contributed by atoms with E-state index in [1.165, 1.54) is 7.11 Å². The molecule has 0 aromatic carbocycles. The molecule has 1 N–H and O–H groups in total. The van der Waals surface area contributed by atoms with Gasteiger partial charge in [-0.25, -0.2) is 4.79 Å². The van der Waals surface area contributed by atoms with E-state index in [2.05, 4.69) is 10.1 Å². The summed E-state index contributed by atoms with van der Waals surface area (Å²) >= 11 is 0. The minimum absolute atomic E-state index is 0.0101. The second-order valence-electron chi connectivity index (χ2n) is 3.77. The zero-order valence-corrected chi connectivity index (χ0v) is 8.66. The van der Waals surface area contributed by atoms with Gasteiger partial charge in [0.05, 0.1) is 19.1 Å². The van der Waals surface area contributed by atoms with E-state index in [1.807, 2.05) is 0 Å². The van der Waals surface area contributed by atoms with Crippen LogP contribution in [0.4, 0.5) is 0 Å². The van der Waals surface area contributed by atoms with Gasteiger partial charge in [0.2, 0.25) is 5.91 Å². The molecule has 1 atom stereocenters. The van der Waals surface area contributed by atoms with Crippen LogP contribution < -0.4 is 5.32 Å². The molecule has 2 aliphatic rings. The Morgan fingerprint density at radius 1 is 1.67 bits per heavy atom. The predicted molar refractivity (Wildman–Crippen MR) is 52.8 cm³/mol. The molecular weight excluding hydrogens is 196 g/mol. The molecule has 0 aromatic rings. The monoisotopic (exact) mass is 210 g/mol. The SMILES string of the molecule is COC(=O)C1=CN(C2CCNC2)C(=O)C1. The lowest BCUT2D eigenvalue weighted by Crippen LogP contribution is -2.34. The number of hydrogen-bond donors (Lipinski definition) is 1. The summed E-state index contributed by atoms with van der Waals surface area (Å²) < 4.78 is 4.59. The van der Waals surface area contributed by atoms with E-state index in [1.54, 1.807) is 11.1 Å². The summed E-state index contributed by atoms with van der Waals surface area (Å²) in [5.41, 5.74) is 0.453. The van der Waals surface area contributed by atoms with Crippen LogP contribution in [-0.4, -0.2) is 43.0 Å². The lowest BCUT2D eigenvalue weighted by Gasteiger charge is -2.20. The molecule has 0 spiro atoms. The number of nitrogens with one attached hydrogen (secondary N) is 1. The Hall–Kier alpha value is -1.36. The van der Waals surface area contributed by atoms with Crippen LogP contribution in [-0.2, 0) is 14.3 Å². The molecule has 5 heteroatoms. The van der Waals surface area contributed by atoms with E-state index in [-0.39, 0.29) is 18.4 Å². The number of methoxy groups -OCH3 is 1. The Labute approximate surface area is 88.1 Å². The zero-order valence-electron chi connectivity index (χ0n) is 8.66. The van der Waals surface area contributed by atoms with Gasteiger partial charge in [-0.05, 0) is 13.0 Å². The number of hydrogen-bond acceptors (Lipinski definition) is 4. The molecule has 0 bridgehead atoms. The fourth-order valence-electron chi connectivity index (χ4n) is 1.98. The first kappa shape index (κ1) is 10.2. The van der Waals surface area contributed by atoms with E-state index in [4.69, 9.17) is 0 Å². The maximum Gasteiger partial charge on any atom is 0.335 e. The van der Waals surface area contributed by atoms with E-state index in [0.717, 1.165) is 19.5 Å². The van der Waals surface area contributed by atoms with Crippen LogP contribution in [0.15, 0.2) is 11.8 Å². The van der Waals surface area contributed by atoms with Crippen LogP contribution in [0.3, 0.4) is 0 Å². The standard InChI is InChI=1S/C10H14N2O3/c1-15-10(14)7-4-9(13)12(6-7)8-2-3-11-5-8/h6,8,11H,2-5H2,1H3. The van der Waals surface area contributed by atoms with Gasteiger partial charge in [-0.15, -0.1) is 0 Å². The summed E-state index contributed by atoms with van der Waals surface area (Å²) in [4.78, 5) is 24.5. The van der Waals surface area contributed by atoms with Gasteiger partial charge in [0.25, 0.3) is 0 Å². The molecule has 0 aliphatic carbocycles. The van der Waals surface area contributed by atoms with Gasteiger partial charge in [0.1, 0.15) is 0 Å². The second-order valence-corrected chi connectivity index (χ2v) is 3.77. The van der Waals surface area contributed by atoms with Crippen LogP contribution in [0, 0.1) is 0 Å². The first-order valence-electron chi connectivity index (χ1n) is 5.03. The summed E-state index contributed by atoms with van der Waals surface area (Å²) in [6.45, 7) is 1.73. The van der Waals surface area contributed by atoms with E-state index in [9.17, 15) is 9.59 Å². The Bertz CT molecular complexity index is 319. The van der Waals surface area contributed by atoms with Crippen LogP contribution in [0.2, 0.25) is 0 Å². The van der Waals surface area contributed by atoms with E-state index >= 15 is 0 Å². The molecule has 1 unspecified atom stereocenters. The summed E-state index contributed by atoms with van der Waals surface area (Å²) in [6.07, 6.45) is 2.74. The van der Waals surface area contributed by atoms with Gasteiger partial charge in [0.15, 0.2) is 0 Å². The maximum atomic E-state index is 11.6. The number of nitrogens with zero attached hydrogens (tertiary/aromatic N) is 1. The third-order valence-corrected chi connectivity index (χ3v) is 2.80. The maximum absolute atomic E-state index is 11.6. The average Bonchev–Trinajstić information content (AvgIpc) is 2.84. The first-order chi connectivity index (χ1) is 7.22. The molecule has 0 aromatic heterocycles. The van der Waals surface area contributed by atoms with Crippen LogP contribution in [0.1, 0.15) is 12.8 Å². The van der Waals surface area contributed by atoms with Crippen molar-refractivity contribution < 1.29 is 14.3 Å². The molecule has 1 saturated heterocycles. The van der Waals surface area contributed by atoms with Gasteiger partial charge >= 0.3 is 5.97 Å². The molecule has 1 fully saturated rings. The van der Waals surface area contributed by atoms with Crippen LogP contribution in [0.5, 0.6) is 0 Å². The first-order valence-corrected chi connectivity index (χ1v) is 5.03. The van der Waals surface area contributed by atoms with Crippen molar-refractivity contribution >= 4 is 11.9 Å². The Morgan fingerprint density at radius 3 is 3.07 bits per heavy atom. The highest BCUT2D eigenvalue weighted by Crippen LogP contribution is 2.21. The number of carbonyl (C=O) groups excluding carboxylic acids is 2. The number of amides is 1. The smallest absolute Gasteiger partial charge is 0.335 e. The quantitative estimate of drug-likeness (QED) is 0.632. The van der Waals surface area contributed by atoms with Crippen LogP contribution in [0.25, 0.3) is 0 Å². The summed E-state index contributed by atoms with van der Waals surface area (Å²) in [6, 6.07) is 0.194. The fraction of sp³-hybridized carbons (Fsp3) is 0.600.